The van der Waals surface area contributed by atoms with Crippen LogP contribution in [0.25, 0.3) is 0 Å². The first kappa shape index (κ1) is 16.7. The number of hydrogen-bond donors (Lipinski definition) is 1. The van der Waals surface area contributed by atoms with Crippen molar-refractivity contribution >= 4 is 17.6 Å². The summed E-state index contributed by atoms with van der Waals surface area (Å²) in [6, 6.07) is 12.9. The summed E-state index contributed by atoms with van der Waals surface area (Å²) in [5, 5.41) is 2.73. The van der Waals surface area contributed by atoms with Crippen LogP contribution in [-0.2, 0) is 9.53 Å². The third-order valence-corrected chi connectivity index (χ3v) is 3.43. The minimum atomic E-state index is -0.871. The first-order chi connectivity index (χ1) is 10.8. The number of hydrogen-bond acceptors (Lipinski definition) is 3. The van der Waals surface area contributed by atoms with Crippen LogP contribution < -0.4 is 5.32 Å². The first-order valence-electron chi connectivity index (χ1n) is 7.52. The van der Waals surface area contributed by atoms with E-state index in [-0.39, 0.29) is 5.91 Å². The van der Waals surface area contributed by atoms with E-state index in [1.807, 2.05) is 51.1 Å². The second-order valence-corrected chi connectivity index (χ2v) is 5.78. The van der Waals surface area contributed by atoms with Crippen molar-refractivity contribution in [3.05, 3.63) is 64.7 Å². The lowest BCUT2D eigenvalue weighted by Crippen LogP contribution is -2.30. The summed E-state index contributed by atoms with van der Waals surface area (Å²) in [4.78, 5) is 24.3. The summed E-state index contributed by atoms with van der Waals surface area (Å²) < 4.78 is 5.25. The lowest BCUT2D eigenvalue weighted by atomic mass is 10.1. The number of aryl methyl sites for hydroxylation is 3. The van der Waals surface area contributed by atoms with Crippen LogP contribution in [0.2, 0.25) is 0 Å². The number of carbonyl (C=O) groups excluding carboxylic acids is 2. The van der Waals surface area contributed by atoms with Gasteiger partial charge in [-0.25, -0.2) is 4.79 Å². The number of ether oxygens (including phenoxy) is 1. The molecule has 4 nitrogen and oxygen atoms in total. The Hall–Kier alpha value is -2.62. The van der Waals surface area contributed by atoms with Gasteiger partial charge < -0.3 is 10.1 Å². The molecule has 4 heteroatoms. The van der Waals surface area contributed by atoms with Gasteiger partial charge in [-0.15, -0.1) is 0 Å². The van der Waals surface area contributed by atoms with Crippen LogP contribution in [0.3, 0.4) is 0 Å². The molecule has 0 bridgehead atoms. The lowest BCUT2D eigenvalue weighted by Gasteiger charge is -2.14. The van der Waals surface area contributed by atoms with Gasteiger partial charge in [-0.3, -0.25) is 4.79 Å². The molecule has 0 fully saturated rings. The molecule has 0 spiro atoms. The molecule has 23 heavy (non-hydrogen) atoms. The Balaban J connectivity index is 1.99. The molecule has 0 heterocycles. The lowest BCUT2D eigenvalue weighted by molar-refractivity contribution is -0.123. The number of nitrogens with one attached hydrogen (secondary N) is 1. The Labute approximate surface area is 136 Å². The fourth-order valence-electron chi connectivity index (χ4n) is 2.26. The molecule has 0 radical (unpaired) electrons. The van der Waals surface area contributed by atoms with E-state index in [0.29, 0.717) is 11.3 Å². The summed E-state index contributed by atoms with van der Waals surface area (Å²) in [5.41, 5.74) is 4.20. The van der Waals surface area contributed by atoms with E-state index in [1.54, 1.807) is 19.1 Å². The topological polar surface area (TPSA) is 55.4 Å². The van der Waals surface area contributed by atoms with Gasteiger partial charge >= 0.3 is 5.97 Å². The summed E-state index contributed by atoms with van der Waals surface area (Å²) >= 11 is 0. The standard InChI is InChI=1S/C19H21NO3/c1-12-5-7-17(8-6-12)20-18(21)15(4)23-19(22)16-10-13(2)9-14(3)11-16/h5-11,15H,1-4H3,(H,20,21)/t15-/m1/s1. The number of carbonyl (C=O) groups is 2. The predicted octanol–water partition coefficient (Wildman–Crippen LogP) is 3.80. The van der Waals surface area contributed by atoms with Crippen molar-refractivity contribution in [2.24, 2.45) is 0 Å². The average molecular weight is 311 g/mol. The fraction of sp³-hybridized carbons (Fsp3) is 0.263. The number of anilines is 1. The molecule has 1 amide bonds. The summed E-state index contributed by atoms with van der Waals surface area (Å²) in [5.74, 6) is -0.852. The molecule has 0 aliphatic carbocycles. The van der Waals surface area contributed by atoms with Crippen molar-refractivity contribution in [2.45, 2.75) is 33.8 Å². The van der Waals surface area contributed by atoms with Gasteiger partial charge in [-0.1, -0.05) is 34.9 Å². The zero-order chi connectivity index (χ0) is 17.0. The Morgan fingerprint density at radius 2 is 1.48 bits per heavy atom. The quantitative estimate of drug-likeness (QED) is 0.874. The summed E-state index contributed by atoms with van der Waals surface area (Å²) in [6.07, 6.45) is -0.871. The van der Waals surface area contributed by atoms with Gasteiger partial charge in [0.05, 0.1) is 5.56 Å². The molecule has 2 rings (SSSR count). The molecule has 0 saturated heterocycles. The van der Waals surface area contributed by atoms with Crippen molar-refractivity contribution in [1.82, 2.24) is 0 Å². The summed E-state index contributed by atoms with van der Waals surface area (Å²) in [7, 11) is 0. The molecule has 1 atom stereocenters. The molecular weight excluding hydrogens is 290 g/mol. The van der Waals surface area contributed by atoms with Gasteiger partial charge in [-0.05, 0) is 52.0 Å². The molecule has 0 saturated carbocycles. The van der Waals surface area contributed by atoms with Crippen molar-refractivity contribution in [2.75, 3.05) is 5.32 Å². The minimum Gasteiger partial charge on any atom is -0.449 e. The monoisotopic (exact) mass is 311 g/mol. The van der Waals surface area contributed by atoms with Gasteiger partial charge in [0.25, 0.3) is 5.91 Å². The highest BCUT2D eigenvalue weighted by molar-refractivity contribution is 5.97. The van der Waals surface area contributed by atoms with E-state index in [1.165, 1.54) is 0 Å². The Bertz CT molecular complexity index is 700. The molecule has 0 aliphatic rings. The number of esters is 1. The zero-order valence-electron chi connectivity index (χ0n) is 13.8. The van der Waals surface area contributed by atoms with E-state index in [4.69, 9.17) is 4.74 Å². The van der Waals surface area contributed by atoms with Crippen LogP contribution in [0, 0.1) is 20.8 Å². The third-order valence-electron chi connectivity index (χ3n) is 3.43. The molecular formula is C19H21NO3. The average Bonchev–Trinajstić information content (AvgIpc) is 2.48. The third kappa shape index (κ3) is 4.68. The maximum absolute atomic E-state index is 12.2. The van der Waals surface area contributed by atoms with Gasteiger partial charge in [-0.2, -0.15) is 0 Å². The Morgan fingerprint density at radius 3 is 2.04 bits per heavy atom. The van der Waals surface area contributed by atoms with Gasteiger partial charge in [0, 0.05) is 5.69 Å². The molecule has 0 aliphatic heterocycles. The van der Waals surface area contributed by atoms with Crippen molar-refractivity contribution in [3.8, 4) is 0 Å². The molecule has 1 N–H and O–H groups in total. The molecule has 0 aromatic heterocycles. The maximum atomic E-state index is 12.2. The number of rotatable bonds is 4. The minimum absolute atomic E-state index is 0.355. The van der Waals surface area contributed by atoms with Gasteiger partial charge in [0.1, 0.15) is 0 Å². The highest BCUT2D eigenvalue weighted by Crippen LogP contribution is 2.13. The van der Waals surface area contributed by atoms with Gasteiger partial charge in [0.2, 0.25) is 0 Å². The molecule has 120 valence electrons. The van der Waals surface area contributed by atoms with Gasteiger partial charge in [0.15, 0.2) is 6.10 Å². The van der Waals surface area contributed by atoms with Crippen LogP contribution in [0.5, 0.6) is 0 Å². The highest BCUT2D eigenvalue weighted by Gasteiger charge is 2.19. The predicted molar refractivity (Wildman–Crippen MR) is 90.6 cm³/mol. The van der Waals surface area contributed by atoms with E-state index >= 15 is 0 Å². The Kier molecular flexibility index (Phi) is 5.16. The maximum Gasteiger partial charge on any atom is 0.338 e. The molecule has 2 aromatic rings. The fourth-order valence-corrected chi connectivity index (χ4v) is 2.26. The van der Waals surface area contributed by atoms with E-state index < -0.39 is 12.1 Å². The van der Waals surface area contributed by atoms with Crippen LogP contribution in [0.4, 0.5) is 5.69 Å². The SMILES string of the molecule is Cc1ccc(NC(=O)[C@@H](C)OC(=O)c2cc(C)cc(C)c2)cc1. The van der Waals surface area contributed by atoms with Crippen LogP contribution in [0.1, 0.15) is 34.0 Å². The van der Waals surface area contributed by atoms with Crippen molar-refractivity contribution < 1.29 is 14.3 Å². The van der Waals surface area contributed by atoms with Crippen LogP contribution in [-0.4, -0.2) is 18.0 Å². The highest BCUT2D eigenvalue weighted by atomic mass is 16.5. The van der Waals surface area contributed by atoms with Crippen molar-refractivity contribution in [3.63, 3.8) is 0 Å². The number of benzene rings is 2. The summed E-state index contributed by atoms with van der Waals surface area (Å²) in [6.45, 7) is 7.36. The second kappa shape index (κ2) is 7.09. The van der Waals surface area contributed by atoms with Crippen LogP contribution in [0.15, 0.2) is 42.5 Å². The van der Waals surface area contributed by atoms with Crippen molar-refractivity contribution in [1.29, 1.82) is 0 Å². The number of amides is 1. The first-order valence-corrected chi connectivity index (χ1v) is 7.52. The van der Waals surface area contributed by atoms with Crippen LogP contribution >= 0.6 is 0 Å². The van der Waals surface area contributed by atoms with E-state index in [0.717, 1.165) is 16.7 Å². The van der Waals surface area contributed by atoms with E-state index in [9.17, 15) is 9.59 Å². The normalized spacial score (nSPS) is 11.7. The molecule has 2 aromatic carbocycles. The second-order valence-electron chi connectivity index (χ2n) is 5.78. The Morgan fingerprint density at radius 1 is 0.913 bits per heavy atom. The molecule has 0 unspecified atom stereocenters. The van der Waals surface area contributed by atoms with E-state index in [2.05, 4.69) is 5.32 Å². The zero-order valence-corrected chi connectivity index (χ0v) is 13.8. The smallest absolute Gasteiger partial charge is 0.338 e. The largest absolute Gasteiger partial charge is 0.449 e.